The summed E-state index contributed by atoms with van der Waals surface area (Å²) in [6.45, 7) is 4.47. The summed E-state index contributed by atoms with van der Waals surface area (Å²) in [5, 5.41) is 5.27. The van der Waals surface area contributed by atoms with E-state index in [1.807, 2.05) is 32.0 Å². The van der Waals surface area contributed by atoms with E-state index in [0.717, 1.165) is 5.56 Å². The molecule has 0 saturated heterocycles. The van der Waals surface area contributed by atoms with Crippen molar-refractivity contribution in [3.8, 4) is 5.75 Å². The number of hydrogen-bond acceptors (Lipinski definition) is 2. The van der Waals surface area contributed by atoms with Crippen LogP contribution in [0, 0.1) is 19.7 Å². The Bertz CT molecular complexity index is 674. The molecule has 4 nitrogen and oxygen atoms in total. The summed E-state index contributed by atoms with van der Waals surface area (Å²) >= 11 is 0. The van der Waals surface area contributed by atoms with Crippen LogP contribution in [-0.2, 0) is 6.42 Å². The molecule has 0 aliphatic heterocycles. The number of aryl methyl sites for hydroxylation is 2. The molecule has 0 bridgehead atoms. The maximum absolute atomic E-state index is 13.4. The number of ether oxygens (including phenoxy) is 1. The largest absolute Gasteiger partial charge is 0.473 e. The molecule has 2 amide bonds. The number of halogens is 1. The minimum Gasteiger partial charge on any atom is -0.473 e. The van der Waals surface area contributed by atoms with Crippen LogP contribution >= 0.6 is 0 Å². The summed E-state index contributed by atoms with van der Waals surface area (Å²) in [6, 6.07) is 11.9. The Hall–Kier alpha value is -2.56. The van der Waals surface area contributed by atoms with Gasteiger partial charge in [0.15, 0.2) is 6.73 Å². The van der Waals surface area contributed by atoms with Crippen LogP contribution in [0.15, 0.2) is 42.5 Å². The molecule has 0 unspecified atom stereocenters. The summed E-state index contributed by atoms with van der Waals surface area (Å²) in [7, 11) is 0. The van der Waals surface area contributed by atoms with E-state index < -0.39 is 0 Å². The van der Waals surface area contributed by atoms with Crippen LogP contribution in [0.25, 0.3) is 0 Å². The molecule has 23 heavy (non-hydrogen) atoms. The lowest BCUT2D eigenvalue weighted by atomic mass is 10.1. The van der Waals surface area contributed by atoms with E-state index in [0.29, 0.717) is 24.3 Å². The lowest BCUT2D eigenvalue weighted by Crippen LogP contribution is -2.38. The molecule has 2 aromatic rings. The van der Waals surface area contributed by atoms with Crippen molar-refractivity contribution in [2.24, 2.45) is 0 Å². The number of nitrogens with one attached hydrogen (secondary N) is 2. The van der Waals surface area contributed by atoms with Gasteiger partial charge in [0.2, 0.25) is 0 Å². The number of urea groups is 1. The smallest absolute Gasteiger partial charge is 0.317 e. The van der Waals surface area contributed by atoms with Crippen LogP contribution in [0.4, 0.5) is 9.18 Å². The van der Waals surface area contributed by atoms with Crippen LogP contribution in [0.1, 0.15) is 16.7 Å². The second-order valence-electron chi connectivity index (χ2n) is 5.31. The molecule has 2 aromatic carbocycles. The monoisotopic (exact) mass is 316 g/mol. The molecule has 0 aliphatic rings. The molecule has 122 valence electrons. The minimum atomic E-state index is -0.342. The van der Waals surface area contributed by atoms with Gasteiger partial charge in [-0.3, -0.25) is 0 Å². The van der Waals surface area contributed by atoms with Gasteiger partial charge in [-0.05, 0) is 55.2 Å². The van der Waals surface area contributed by atoms with Gasteiger partial charge in [0.05, 0.1) is 0 Å². The Morgan fingerprint density at radius 2 is 1.87 bits per heavy atom. The zero-order valence-electron chi connectivity index (χ0n) is 13.4. The minimum absolute atomic E-state index is 0.0774. The second-order valence-corrected chi connectivity index (χ2v) is 5.31. The summed E-state index contributed by atoms with van der Waals surface area (Å²) < 4.78 is 18.9. The van der Waals surface area contributed by atoms with Crippen LogP contribution < -0.4 is 15.4 Å². The molecule has 0 aromatic heterocycles. The van der Waals surface area contributed by atoms with E-state index >= 15 is 0 Å². The van der Waals surface area contributed by atoms with Gasteiger partial charge in [0.25, 0.3) is 0 Å². The van der Waals surface area contributed by atoms with Crippen LogP contribution in [0.5, 0.6) is 5.75 Å². The van der Waals surface area contributed by atoms with Crippen molar-refractivity contribution in [3.05, 3.63) is 65.0 Å². The quantitative estimate of drug-likeness (QED) is 0.803. The number of hydrogen-bond donors (Lipinski definition) is 2. The third-order valence-corrected chi connectivity index (χ3v) is 3.59. The molecule has 0 radical (unpaired) electrons. The van der Waals surface area contributed by atoms with E-state index in [2.05, 4.69) is 10.6 Å². The van der Waals surface area contributed by atoms with Crippen molar-refractivity contribution < 1.29 is 13.9 Å². The number of amides is 2. The van der Waals surface area contributed by atoms with E-state index in [1.165, 1.54) is 11.6 Å². The fourth-order valence-corrected chi connectivity index (χ4v) is 2.06. The van der Waals surface area contributed by atoms with Gasteiger partial charge < -0.3 is 15.4 Å². The molecule has 2 N–H and O–H groups in total. The Morgan fingerprint density at radius 1 is 1.09 bits per heavy atom. The average Bonchev–Trinajstić information content (AvgIpc) is 2.53. The lowest BCUT2D eigenvalue weighted by Gasteiger charge is -2.10. The van der Waals surface area contributed by atoms with Gasteiger partial charge in [-0.1, -0.05) is 24.3 Å². The molecule has 0 saturated carbocycles. The van der Waals surface area contributed by atoms with E-state index in [1.54, 1.807) is 18.2 Å². The van der Waals surface area contributed by atoms with Crippen molar-refractivity contribution >= 4 is 6.03 Å². The highest BCUT2D eigenvalue weighted by molar-refractivity contribution is 5.73. The van der Waals surface area contributed by atoms with E-state index in [4.69, 9.17) is 4.74 Å². The second kappa shape index (κ2) is 8.17. The first kappa shape index (κ1) is 16.8. The van der Waals surface area contributed by atoms with Gasteiger partial charge in [0, 0.05) is 6.54 Å². The van der Waals surface area contributed by atoms with Crippen molar-refractivity contribution in [2.75, 3.05) is 13.3 Å². The number of carbonyl (C=O) groups excluding carboxylic acids is 1. The van der Waals surface area contributed by atoms with E-state index in [-0.39, 0.29) is 18.6 Å². The van der Waals surface area contributed by atoms with Crippen molar-refractivity contribution in [1.29, 1.82) is 0 Å². The molecule has 0 atom stereocenters. The van der Waals surface area contributed by atoms with Gasteiger partial charge >= 0.3 is 6.03 Å². The highest BCUT2D eigenvalue weighted by Crippen LogP contribution is 2.15. The Labute approximate surface area is 135 Å². The van der Waals surface area contributed by atoms with Crippen molar-refractivity contribution in [1.82, 2.24) is 10.6 Å². The van der Waals surface area contributed by atoms with E-state index in [9.17, 15) is 9.18 Å². The highest BCUT2D eigenvalue weighted by atomic mass is 19.1. The molecular formula is C18H21FN2O2. The summed E-state index contributed by atoms with van der Waals surface area (Å²) in [5.41, 5.74) is 2.91. The first-order valence-electron chi connectivity index (χ1n) is 7.51. The zero-order chi connectivity index (χ0) is 16.7. The van der Waals surface area contributed by atoms with Gasteiger partial charge in [-0.15, -0.1) is 0 Å². The standard InChI is InChI=1S/C18H21FN2O2/c1-13-7-8-16(11-14(13)2)23-12-21-18(22)20-10-9-15-5-3-4-6-17(15)19/h3-8,11H,9-10,12H2,1-2H3,(H2,20,21,22). The Kier molecular flexibility index (Phi) is 5.97. The fraction of sp³-hybridized carbons (Fsp3) is 0.278. The van der Waals surface area contributed by atoms with Crippen LogP contribution in [0.2, 0.25) is 0 Å². The fourth-order valence-electron chi connectivity index (χ4n) is 2.06. The number of benzene rings is 2. The number of rotatable bonds is 6. The molecule has 0 spiro atoms. The molecule has 5 heteroatoms. The van der Waals surface area contributed by atoms with Crippen molar-refractivity contribution in [3.63, 3.8) is 0 Å². The first-order valence-corrected chi connectivity index (χ1v) is 7.51. The SMILES string of the molecule is Cc1ccc(OCNC(=O)NCCc2ccccc2F)cc1C. The zero-order valence-corrected chi connectivity index (χ0v) is 13.4. The Morgan fingerprint density at radius 3 is 2.61 bits per heavy atom. The average molecular weight is 316 g/mol. The normalized spacial score (nSPS) is 10.2. The van der Waals surface area contributed by atoms with Crippen LogP contribution in [0.3, 0.4) is 0 Å². The van der Waals surface area contributed by atoms with Gasteiger partial charge in [0.1, 0.15) is 11.6 Å². The summed E-state index contributed by atoms with van der Waals surface area (Å²) in [4.78, 5) is 11.6. The maximum Gasteiger partial charge on any atom is 0.317 e. The summed E-state index contributed by atoms with van der Waals surface area (Å²) in [6.07, 6.45) is 0.443. The molecule has 0 heterocycles. The van der Waals surface area contributed by atoms with Gasteiger partial charge in [-0.2, -0.15) is 0 Å². The topological polar surface area (TPSA) is 50.4 Å². The predicted molar refractivity (Wildman–Crippen MR) is 88.0 cm³/mol. The van der Waals surface area contributed by atoms with Crippen LogP contribution in [-0.4, -0.2) is 19.3 Å². The summed E-state index contributed by atoms with van der Waals surface area (Å²) in [5.74, 6) is 0.451. The molecule has 2 rings (SSSR count). The molecule has 0 aliphatic carbocycles. The van der Waals surface area contributed by atoms with Gasteiger partial charge in [-0.25, -0.2) is 9.18 Å². The predicted octanol–water partition coefficient (Wildman–Crippen LogP) is 3.32. The highest BCUT2D eigenvalue weighted by Gasteiger charge is 2.03. The number of carbonyl (C=O) groups is 1. The third-order valence-electron chi connectivity index (χ3n) is 3.59. The van der Waals surface area contributed by atoms with Crippen molar-refractivity contribution in [2.45, 2.75) is 20.3 Å². The Balaban J connectivity index is 1.67. The first-order chi connectivity index (χ1) is 11.1. The lowest BCUT2D eigenvalue weighted by molar-refractivity contribution is 0.224. The molecular weight excluding hydrogens is 295 g/mol. The maximum atomic E-state index is 13.4. The third kappa shape index (κ3) is 5.29. The molecule has 0 fully saturated rings.